The summed E-state index contributed by atoms with van der Waals surface area (Å²) in [7, 11) is 0. The van der Waals surface area contributed by atoms with Gasteiger partial charge in [0, 0.05) is 19.6 Å². The Labute approximate surface area is 187 Å². The Morgan fingerprint density at radius 3 is 2.29 bits per heavy atom. The number of alkyl carbamates (subject to hydrolysis) is 1. The molecule has 174 valence electrons. The maximum absolute atomic E-state index is 12.2. The zero-order chi connectivity index (χ0) is 22.9. The van der Waals surface area contributed by atoms with E-state index >= 15 is 0 Å². The topological polar surface area (TPSA) is 78.9 Å². The third kappa shape index (κ3) is 8.52. The number of unbranched alkanes of at least 4 members (excludes halogenated alkanes) is 5. The first-order valence-electron chi connectivity index (χ1n) is 11.7. The number of benzene rings is 1. The molecule has 0 aliphatic carbocycles. The lowest BCUT2D eigenvalue weighted by Crippen LogP contribution is -2.57. The first kappa shape index (κ1) is 25.2. The van der Waals surface area contributed by atoms with E-state index in [1.54, 1.807) is 20.8 Å². The van der Waals surface area contributed by atoms with E-state index in [1.165, 1.54) is 44.1 Å². The van der Waals surface area contributed by atoms with Crippen molar-refractivity contribution in [1.29, 1.82) is 0 Å². The minimum Gasteiger partial charge on any atom is -0.479 e. The van der Waals surface area contributed by atoms with Crippen molar-refractivity contribution in [3.05, 3.63) is 35.4 Å². The molecule has 1 aliphatic heterocycles. The molecule has 31 heavy (non-hydrogen) atoms. The standard InChI is InChI=1S/C25H40N2O4/c1-5-6-7-8-9-10-11-20-12-14-21(15-13-20)18-27-17-16-25(19-27,22(28)29)26-23(30)31-24(2,3)4/h12-15H,5-11,16-19H2,1-4H3,(H,26,30)(H,28,29). The summed E-state index contributed by atoms with van der Waals surface area (Å²) >= 11 is 0. The van der Waals surface area contributed by atoms with Crippen LogP contribution in [-0.2, 0) is 22.5 Å². The quantitative estimate of drug-likeness (QED) is 0.473. The van der Waals surface area contributed by atoms with Crippen LogP contribution in [0, 0.1) is 0 Å². The van der Waals surface area contributed by atoms with Crippen molar-refractivity contribution in [3.8, 4) is 0 Å². The highest BCUT2D eigenvalue weighted by Crippen LogP contribution is 2.25. The molecule has 1 atom stereocenters. The van der Waals surface area contributed by atoms with E-state index < -0.39 is 23.2 Å². The number of hydrogen-bond acceptors (Lipinski definition) is 4. The molecular formula is C25H40N2O4. The maximum Gasteiger partial charge on any atom is 0.408 e. The summed E-state index contributed by atoms with van der Waals surface area (Å²) in [6.07, 6.45) is 8.58. The Hall–Kier alpha value is -2.08. The van der Waals surface area contributed by atoms with Crippen LogP contribution < -0.4 is 5.32 Å². The fraction of sp³-hybridized carbons (Fsp3) is 0.680. The zero-order valence-electron chi connectivity index (χ0n) is 19.7. The number of nitrogens with zero attached hydrogens (tertiary/aromatic N) is 1. The Morgan fingerprint density at radius 2 is 1.68 bits per heavy atom. The van der Waals surface area contributed by atoms with E-state index in [0.29, 0.717) is 19.5 Å². The Morgan fingerprint density at radius 1 is 1.06 bits per heavy atom. The van der Waals surface area contributed by atoms with Crippen molar-refractivity contribution < 1.29 is 19.4 Å². The Balaban J connectivity index is 1.84. The predicted octanol–water partition coefficient (Wildman–Crippen LogP) is 5.14. The molecule has 1 fully saturated rings. The van der Waals surface area contributed by atoms with Crippen molar-refractivity contribution in [2.75, 3.05) is 13.1 Å². The first-order valence-corrected chi connectivity index (χ1v) is 11.7. The van der Waals surface area contributed by atoms with Gasteiger partial charge in [-0.3, -0.25) is 4.90 Å². The van der Waals surface area contributed by atoms with E-state index in [1.807, 2.05) is 0 Å². The van der Waals surface area contributed by atoms with Crippen LogP contribution in [0.2, 0.25) is 0 Å². The Kier molecular flexibility index (Phi) is 9.35. The van der Waals surface area contributed by atoms with E-state index in [-0.39, 0.29) is 6.54 Å². The van der Waals surface area contributed by atoms with Gasteiger partial charge in [0.25, 0.3) is 0 Å². The summed E-state index contributed by atoms with van der Waals surface area (Å²) in [6, 6.07) is 8.63. The number of carbonyl (C=O) groups is 2. The monoisotopic (exact) mass is 432 g/mol. The number of ether oxygens (including phenoxy) is 1. The second kappa shape index (κ2) is 11.5. The molecule has 0 saturated carbocycles. The molecule has 2 N–H and O–H groups in total. The minimum absolute atomic E-state index is 0.265. The largest absolute Gasteiger partial charge is 0.479 e. The normalized spacial score (nSPS) is 19.4. The van der Waals surface area contributed by atoms with Crippen molar-refractivity contribution >= 4 is 12.1 Å². The molecule has 1 amide bonds. The van der Waals surface area contributed by atoms with Gasteiger partial charge in [-0.05, 0) is 51.2 Å². The number of hydrogen-bond donors (Lipinski definition) is 2. The number of aliphatic carboxylic acids is 1. The van der Waals surface area contributed by atoms with Crippen molar-refractivity contribution in [3.63, 3.8) is 0 Å². The molecule has 1 aromatic rings. The number of carboxylic acids is 1. The average Bonchev–Trinajstić information content (AvgIpc) is 3.08. The number of rotatable bonds is 11. The van der Waals surface area contributed by atoms with E-state index in [2.05, 4.69) is 41.4 Å². The molecule has 1 saturated heterocycles. The molecule has 1 heterocycles. The molecule has 0 spiro atoms. The van der Waals surface area contributed by atoms with Crippen molar-refractivity contribution in [1.82, 2.24) is 10.2 Å². The van der Waals surface area contributed by atoms with Gasteiger partial charge in [0.05, 0.1) is 0 Å². The molecule has 1 aromatic carbocycles. The summed E-state index contributed by atoms with van der Waals surface area (Å²) < 4.78 is 5.27. The fourth-order valence-corrected chi connectivity index (χ4v) is 4.03. The highest BCUT2D eigenvalue weighted by atomic mass is 16.6. The summed E-state index contributed by atoms with van der Waals surface area (Å²) in [4.78, 5) is 26.2. The molecule has 0 aromatic heterocycles. The number of amides is 1. The van der Waals surface area contributed by atoms with Crippen LogP contribution in [-0.4, -0.2) is 46.3 Å². The van der Waals surface area contributed by atoms with Crippen LogP contribution in [0.1, 0.15) is 83.8 Å². The number of likely N-dealkylation sites (tertiary alicyclic amines) is 1. The molecule has 1 aliphatic rings. The summed E-state index contributed by atoms with van der Waals surface area (Å²) in [5, 5.41) is 12.4. The summed E-state index contributed by atoms with van der Waals surface area (Å²) in [5.74, 6) is -1.02. The highest BCUT2D eigenvalue weighted by molar-refractivity contribution is 5.85. The second-order valence-electron chi connectivity index (χ2n) is 9.81. The number of carbonyl (C=O) groups excluding carboxylic acids is 1. The third-order valence-corrected chi connectivity index (χ3v) is 5.75. The molecule has 2 rings (SSSR count). The zero-order valence-corrected chi connectivity index (χ0v) is 19.7. The smallest absolute Gasteiger partial charge is 0.408 e. The van der Waals surface area contributed by atoms with Crippen LogP contribution in [0.5, 0.6) is 0 Å². The van der Waals surface area contributed by atoms with Gasteiger partial charge in [0.15, 0.2) is 5.54 Å². The van der Waals surface area contributed by atoms with Crippen LogP contribution in [0.15, 0.2) is 24.3 Å². The molecule has 6 nitrogen and oxygen atoms in total. The molecule has 0 bridgehead atoms. The number of carboxylic acid groups (broad SMARTS) is 1. The molecule has 1 unspecified atom stereocenters. The Bertz CT molecular complexity index is 711. The number of aryl methyl sites for hydroxylation is 1. The molecule has 6 heteroatoms. The van der Waals surface area contributed by atoms with Gasteiger partial charge in [0.1, 0.15) is 5.60 Å². The lowest BCUT2D eigenvalue weighted by molar-refractivity contribution is -0.144. The average molecular weight is 433 g/mol. The van der Waals surface area contributed by atoms with Gasteiger partial charge in [0.2, 0.25) is 0 Å². The van der Waals surface area contributed by atoms with Crippen LogP contribution in [0.25, 0.3) is 0 Å². The SMILES string of the molecule is CCCCCCCCc1ccc(CN2CCC(NC(=O)OC(C)(C)C)(C(=O)O)C2)cc1. The van der Waals surface area contributed by atoms with Gasteiger partial charge in [-0.2, -0.15) is 0 Å². The van der Waals surface area contributed by atoms with E-state index in [4.69, 9.17) is 4.74 Å². The van der Waals surface area contributed by atoms with Gasteiger partial charge in [-0.1, -0.05) is 63.3 Å². The van der Waals surface area contributed by atoms with Crippen LogP contribution in [0.4, 0.5) is 4.79 Å². The van der Waals surface area contributed by atoms with Gasteiger partial charge in [-0.25, -0.2) is 9.59 Å². The van der Waals surface area contributed by atoms with Gasteiger partial charge >= 0.3 is 12.1 Å². The predicted molar refractivity (Wildman–Crippen MR) is 123 cm³/mol. The molecule has 0 radical (unpaired) electrons. The summed E-state index contributed by atoms with van der Waals surface area (Å²) in [5.41, 5.74) is 0.539. The van der Waals surface area contributed by atoms with E-state index in [9.17, 15) is 14.7 Å². The van der Waals surface area contributed by atoms with Crippen molar-refractivity contribution in [2.45, 2.75) is 96.7 Å². The van der Waals surface area contributed by atoms with Crippen LogP contribution in [0.3, 0.4) is 0 Å². The second-order valence-corrected chi connectivity index (χ2v) is 9.81. The third-order valence-electron chi connectivity index (χ3n) is 5.75. The maximum atomic E-state index is 12.2. The highest BCUT2D eigenvalue weighted by Gasteiger charge is 2.46. The summed E-state index contributed by atoms with van der Waals surface area (Å²) in [6.45, 7) is 9.07. The van der Waals surface area contributed by atoms with Gasteiger partial charge < -0.3 is 15.2 Å². The molecular weight excluding hydrogens is 392 g/mol. The lowest BCUT2D eigenvalue weighted by atomic mass is 9.99. The minimum atomic E-state index is -1.31. The lowest BCUT2D eigenvalue weighted by Gasteiger charge is -2.28. The first-order chi connectivity index (χ1) is 14.6. The number of nitrogens with one attached hydrogen (secondary N) is 1. The van der Waals surface area contributed by atoms with Crippen molar-refractivity contribution in [2.24, 2.45) is 0 Å². The fourth-order valence-electron chi connectivity index (χ4n) is 4.03. The van der Waals surface area contributed by atoms with Gasteiger partial charge in [-0.15, -0.1) is 0 Å². The van der Waals surface area contributed by atoms with E-state index in [0.717, 1.165) is 12.0 Å². The van der Waals surface area contributed by atoms with Crippen LogP contribution >= 0.6 is 0 Å².